The number of hydrogen-bond acceptors (Lipinski definition) is 8. The van der Waals surface area contributed by atoms with Gasteiger partial charge in [0.15, 0.2) is 0 Å². The van der Waals surface area contributed by atoms with Gasteiger partial charge in [0.25, 0.3) is 0 Å². The van der Waals surface area contributed by atoms with E-state index in [-0.39, 0.29) is 0 Å². The maximum absolute atomic E-state index is 5.61. The molecule has 0 aromatic carbocycles. The number of aromatic nitrogens is 4. The standard InChI is InChI=1S/C14H19N7O/c15-11-5-17-13(18-6-11)21-3-1-10(2-4-21)9-22-14-19-7-12(16)8-20-14/h5-8,10H,1-4,9,15-16H2. The normalized spacial score (nSPS) is 15.7. The van der Waals surface area contributed by atoms with E-state index in [1.165, 1.54) is 0 Å². The number of anilines is 3. The summed E-state index contributed by atoms with van der Waals surface area (Å²) in [4.78, 5) is 18.7. The van der Waals surface area contributed by atoms with Crippen molar-refractivity contribution >= 4 is 17.3 Å². The largest absolute Gasteiger partial charge is 0.463 e. The highest BCUT2D eigenvalue weighted by Gasteiger charge is 2.21. The Morgan fingerprint density at radius 2 is 1.50 bits per heavy atom. The third-order valence-electron chi connectivity index (χ3n) is 3.65. The van der Waals surface area contributed by atoms with Crippen molar-refractivity contribution in [3.05, 3.63) is 24.8 Å². The van der Waals surface area contributed by atoms with E-state index < -0.39 is 0 Å². The highest BCUT2D eigenvalue weighted by molar-refractivity contribution is 5.38. The van der Waals surface area contributed by atoms with E-state index in [1.54, 1.807) is 24.8 Å². The first kappa shape index (κ1) is 14.3. The van der Waals surface area contributed by atoms with Gasteiger partial charge in [-0.3, -0.25) is 0 Å². The van der Waals surface area contributed by atoms with Crippen molar-refractivity contribution < 1.29 is 4.74 Å². The molecule has 116 valence electrons. The molecule has 0 atom stereocenters. The molecule has 8 heteroatoms. The molecule has 3 rings (SSSR count). The molecule has 1 saturated heterocycles. The zero-order chi connectivity index (χ0) is 15.4. The van der Waals surface area contributed by atoms with Crippen molar-refractivity contribution in [3.8, 4) is 6.01 Å². The first-order valence-corrected chi connectivity index (χ1v) is 7.23. The molecular formula is C14H19N7O. The number of rotatable bonds is 4. The number of nitrogens with zero attached hydrogens (tertiary/aromatic N) is 5. The van der Waals surface area contributed by atoms with Crippen molar-refractivity contribution in [2.45, 2.75) is 12.8 Å². The van der Waals surface area contributed by atoms with Crippen LogP contribution >= 0.6 is 0 Å². The van der Waals surface area contributed by atoms with Gasteiger partial charge >= 0.3 is 6.01 Å². The molecule has 0 amide bonds. The van der Waals surface area contributed by atoms with Gasteiger partial charge in [0.2, 0.25) is 5.95 Å². The molecule has 1 fully saturated rings. The highest BCUT2D eigenvalue weighted by atomic mass is 16.5. The number of nitrogen functional groups attached to an aromatic ring is 2. The molecule has 1 aliphatic heterocycles. The fourth-order valence-corrected chi connectivity index (χ4v) is 2.39. The first-order chi connectivity index (χ1) is 10.7. The van der Waals surface area contributed by atoms with Crippen LogP contribution in [-0.4, -0.2) is 39.6 Å². The van der Waals surface area contributed by atoms with Gasteiger partial charge < -0.3 is 21.1 Å². The van der Waals surface area contributed by atoms with Gasteiger partial charge in [0.1, 0.15) is 0 Å². The second-order valence-electron chi connectivity index (χ2n) is 5.36. The summed E-state index contributed by atoms with van der Waals surface area (Å²) in [5.74, 6) is 1.21. The maximum Gasteiger partial charge on any atom is 0.316 e. The molecule has 0 saturated carbocycles. The molecule has 2 aromatic heterocycles. The summed E-state index contributed by atoms with van der Waals surface area (Å²) in [5.41, 5.74) is 12.3. The van der Waals surface area contributed by atoms with Crippen LogP contribution in [0, 0.1) is 5.92 Å². The molecule has 1 aliphatic rings. The van der Waals surface area contributed by atoms with Crippen LogP contribution in [0.25, 0.3) is 0 Å². The van der Waals surface area contributed by atoms with Crippen molar-refractivity contribution in [2.75, 3.05) is 36.1 Å². The van der Waals surface area contributed by atoms with Crippen molar-refractivity contribution in [1.82, 2.24) is 19.9 Å². The Labute approximate surface area is 128 Å². The summed E-state index contributed by atoms with van der Waals surface area (Å²) in [6, 6.07) is 0.374. The Morgan fingerprint density at radius 3 is 2.09 bits per heavy atom. The van der Waals surface area contributed by atoms with Gasteiger partial charge in [-0.05, 0) is 18.8 Å². The number of ether oxygens (including phenoxy) is 1. The molecule has 0 spiro atoms. The molecule has 0 aliphatic carbocycles. The molecule has 8 nitrogen and oxygen atoms in total. The average Bonchev–Trinajstić information content (AvgIpc) is 2.56. The molecule has 0 unspecified atom stereocenters. The average molecular weight is 301 g/mol. The lowest BCUT2D eigenvalue weighted by atomic mass is 9.98. The predicted molar refractivity (Wildman–Crippen MR) is 83.3 cm³/mol. The zero-order valence-electron chi connectivity index (χ0n) is 12.2. The summed E-state index contributed by atoms with van der Waals surface area (Å²) >= 11 is 0. The van der Waals surface area contributed by atoms with Crippen LogP contribution in [0.5, 0.6) is 6.01 Å². The summed E-state index contributed by atoms with van der Waals surface area (Å²) in [6.07, 6.45) is 8.39. The lowest BCUT2D eigenvalue weighted by molar-refractivity contribution is 0.208. The van der Waals surface area contributed by atoms with E-state index in [0.717, 1.165) is 31.9 Å². The van der Waals surface area contributed by atoms with Crippen molar-refractivity contribution in [2.24, 2.45) is 5.92 Å². The third-order valence-corrected chi connectivity index (χ3v) is 3.65. The van der Waals surface area contributed by atoms with E-state index in [9.17, 15) is 0 Å². The summed E-state index contributed by atoms with van der Waals surface area (Å²) in [5, 5.41) is 0. The van der Waals surface area contributed by atoms with Crippen LogP contribution < -0.4 is 21.1 Å². The van der Waals surface area contributed by atoms with Gasteiger partial charge in [0, 0.05) is 13.1 Å². The summed E-state index contributed by atoms with van der Waals surface area (Å²) in [6.45, 7) is 2.42. The highest BCUT2D eigenvalue weighted by Crippen LogP contribution is 2.21. The first-order valence-electron chi connectivity index (χ1n) is 7.23. The van der Waals surface area contributed by atoms with Crippen molar-refractivity contribution in [3.63, 3.8) is 0 Å². The van der Waals surface area contributed by atoms with Gasteiger partial charge in [-0.25, -0.2) is 19.9 Å². The molecule has 22 heavy (non-hydrogen) atoms. The summed E-state index contributed by atoms with van der Waals surface area (Å²) < 4.78 is 5.61. The van der Waals surface area contributed by atoms with Crippen LogP contribution in [0.3, 0.4) is 0 Å². The van der Waals surface area contributed by atoms with Crippen LogP contribution in [0.15, 0.2) is 24.8 Å². The fourth-order valence-electron chi connectivity index (χ4n) is 2.39. The molecule has 4 N–H and O–H groups in total. The zero-order valence-corrected chi connectivity index (χ0v) is 12.2. The van der Waals surface area contributed by atoms with E-state index in [4.69, 9.17) is 16.2 Å². The quantitative estimate of drug-likeness (QED) is 0.848. The molecular weight excluding hydrogens is 282 g/mol. The lowest BCUT2D eigenvalue weighted by Gasteiger charge is -2.31. The lowest BCUT2D eigenvalue weighted by Crippen LogP contribution is -2.36. The Bertz CT molecular complexity index is 594. The smallest absolute Gasteiger partial charge is 0.316 e. The van der Waals surface area contributed by atoms with Gasteiger partial charge in [-0.15, -0.1) is 0 Å². The molecule has 0 bridgehead atoms. The minimum Gasteiger partial charge on any atom is -0.463 e. The SMILES string of the molecule is Nc1cnc(OCC2CCN(c3ncc(N)cn3)CC2)nc1. The molecule has 2 aromatic rings. The van der Waals surface area contributed by atoms with E-state index >= 15 is 0 Å². The van der Waals surface area contributed by atoms with Crippen LogP contribution in [0.2, 0.25) is 0 Å². The Balaban J connectivity index is 1.47. The van der Waals surface area contributed by atoms with Crippen molar-refractivity contribution in [1.29, 1.82) is 0 Å². The fraction of sp³-hybridized carbons (Fsp3) is 0.429. The minimum atomic E-state index is 0.374. The Hall–Kier alpha value is -2.64. The molecule has 0 radical (unpaired) electrons. The summed E-state index contributed by atoms with van der Waals surface area (Å²) in [7, 11) is 0. The monoisotopic (exact) mass is 301 g/mol. The van der Waals surface area contributed by atoms with E-state index in [1.807, 2.05) is 0 Å². The van der Waals surface area contributed by atoms with Gasteiger partial charge in [-0.1, -0.05) is 0 Å². The van der Waals surface area contributed by atoms with Crippen LogP contribution in [0.1, 0.15) is 12.8 Å². The predicted octanol–water partition coefficient (Wildman–Crippen LogP) is 0.726. The Morgan fingerprint density at radius 1 is 0.955 bits per heavy atom. The van der Waals surface area contributed by atoms with Crippen LogP contribution in [-0.2, 0) is 0 Å². The topological polar surface area (TPSA) is 116 Å². The molecule has 3 heterocycles. The number of hydrogen-bond donors (Lipinski definition) is 2. The van der Waals surface area contributed by atoms with Crippen LogP contribution in [0.4, 0.5) is 17.3 Å². The number of nitrogens with two attached hydrogens (primary N) is 2. The number of piperidine rings is 1. The Kier molecular flexibility index (Phi) is 4.17. The van der Waals surface area contributed by atoms with E-state index in [0.29, 0.717) is 29.9 Å². The van der Waals surface area contributed by atoms with Gasteiger partial charge in [0.05, 0.1) is 42.8 Å². The van der Waals surface area contributed by atoms with Gasteiger partial charge in [-0.2, -0.15) is 0 Å². The maximum atomic E-state index is 5.61. The second kappa shape index (κ2) is 6.42. The van der Waals surface area contributed by atoms with E-state index in [2.05, 4.69) is 24.8 Å². The second-order valence-corrected chi connectivity index (χ2v) is 5.36. The minimum absolute atomic E-state index is 0.374. The third kappa shape index (κ3) is 3.51.